The minimum absolute atomic E-state index is 0. The molecule has 0 fully saturated rings. The van der Waals surface area contributed by atoms with Crippen LogP contribution < -0.4 is 5.46 Å². The Morgan fingerprint density at radius 1 is 0.379 bits per heavy atom. The summed E-state index contributed by atoms with van der Waals surface area (Å²) < 4.78 is 0. The van der Waals surface area contributed by atoms with Gasteiger partial charge >= 0.3 is 7.12 Å². The summed E-state index contributed by atoms with van der Waals surface area (Å²) in [6, 6.07) is 70.3. The molecule has 4 aromatic carbocycles. The molecule has 10 aromatic rings. The van der Waals surface area contributed by atoms with E-state index in [-0.39, 0.29) is 40.2 Å². The molecule has 66 heavy (non-hydrogen) atoms. The first-order valence-electron chi connectivity index (χ1n) is 20.0. The number of rotatable bonds is 6. The molecule has 2 radical (unpaired) electrons. The van der Waals surface area contributed by atoms with Gasteiger partial charge in [0.05, 0.1) is 0 Å². The number of hydrogen-bond donors (Lipinski definition) is 2. The molecule has 2 N–H and O–H groups in total. The molecule has 8 nitrogen and oxygen atoms in total. The molecule has 12 heteroatoms. The molecule has 0 saturated heterocycles. The molecular formula is C54H40BClIr2N6O2-4. The fourth-order valence-electron chi connectivity index (χ4n) is 5.63. The van der Waals surface area contributed by atoms with Crippen molar-refractivity contribution in [1.82, 2.24) is 29.9 Å². The third-order valence-corrected chi connectivity index (χ3v) is 8.96. The summed E-state index contributed by atoms with van der Waals surface area (Å²) in [7, 11) is -1.40. The van der Waals surface area contributed by atoms with E-state index in [9.17, 15) is 0 Å². The Morgan fingerprint density at radius 2 is 0.818 bits per heavy atom. The fraction of sp³-hybridized carbons (Fsp3) is 0. The van der Waals surface area contributed by atoms with Gasteiger partial charge in [-0.2, -0.15) is 0 Å². The number of aromatic nitrogens is 6. The van der Waals surface area contributed by atoms with Gasteiger partial charge in [0, 0.05) is 100 Å². The van der Waals surface area contributed by atoms with Gasteiger partial charge in [-0.05, 0) is 70.3 Å². The first-order valence-corrected chi connectivity index (χ1v) is 20.4. The SMILES string of the molecule is Clc1ccnc(-c2[c-]cccc2)c1.OB(O)c1cccnc1.[Ir].[Ir].[c-]1ccccc1-c1cc(-c2cccnc2)ccn1.[c-]1ccccc1-c1ccccn1.[c-]1ccccc1-c1ccccn1. The van der Waals surface area contributed by atoms with Crippen LogP contribution in [0.15, 0.2) is 232 Å². The Labute approximate surface area is 418 Å². The van der Waals surface area contributed by atoms with Crippen molar-refractivity contribution < 1.29 is 50.3 Å². The standard InChI is InChI=1S/C16H11N2.C11H7ClN.2C11H8N.C5H6BNO2.2Ir/c1-2-5-13(6-3-1)16-11-14(8-10-18-16)15-7-4-9-17-12-15;12-10-6-7-13-11(8-10)9-4-2-1-3-5-9;2*1-2-6-10(7-3-1)11-8-4-5-9-12-11;8-6(9)5-2-1-3-7-4-5;;/h1-5,7-12H;1-4,6-8H;2*1-6,8-9H;1-4,8-9H;;/q4*-1;;;. The maximum Gasteiger partial charge on any atom is 0.490 e. The van der Waals surface area contributed by atoms with Gasteiger partial charge in [0.2, 0.25) is 0 Å². The molecule has 0 unspecified atom stereocenters. The van der Waals surface area contributed by atoms with Crippen molar-refractivity contribution in [2.24, 2.45) is 0 Å². The van der Waals surface area contributed by atoms with E-state index >= 15 is 0 Å². The largest absolute Gasteiger partial charge is 0.490 e. The van der Waals surface area contributed by atoms with Crippen LogP contribution in [-0.2, 0) is 40.2 Å². The van der Waals surface area contributed by atoms with Crippen molar-refractivity contribution in [3.8, 4) is 56.2 Å². The molecule has 330 valence electrons. The van der Waals surface area contributed by atoms with Crippen LogP contribution in [0.1, 0.15) is 0 Å². The second kappa shape index (κ2) is 29.7. The molecule has 6 aromatic heterocycles. The first kappa shape index (κ1) is 52.0. The predicted molar refractivity (Wildman–Crippen MR) is 256 cm³/mol. The van der Waals surface area contributed by atoms with Crippen LogP contribution in [0, 0.1) is 24.3 Å². The second-order valence-electron chi connectivity index (χ2n) is 13.2. The average Bonchev–Trinajstić information content (AvgIpc) is 3.39. The Balaban J connectivity index is 0.000000182. The zero-order valence-electron chi connectivity index (χ0n) is 35.1. The third-order valence-electron chi connectivity index (χ3n) is 8.73. The second-order valence-corrected chi connectivity index (χ2v) is 13.7. The summed E-state index contributed by atoms with van der Waals surface area (Å²) in [6.07, 6.45) is 13.7. The summed E-state index contributed by atoms with van der Waals surface area (Å²) in [5.74, 6) is 0. The van der Waals surface area contributed by atoms with E-state index in [0.29, 0.717) is 10.5 Å². The fourth-order valence-corrected chi connectivity index (χ4v) is 5.79. The summed E-state index contributed by atoms with van der Waals surface area (Å²) in [5, 5.41) is 17.8. The molecule has 6 heterocycles. The van der Waals surface area contributed by atoms with Crippen LogP contribution in [0.2, 0.25) is 5.02 Å². The molecule has 0 amide bonds. The van der Waals surface area contributed by atoms with Crippen molar-refractivity contribution in [1.29, 1.82) is 0 Å². The van der Waals surface area contributed by atoms with Gasteiger partial charge in [0.1, 0.15) is 0 Å². The van der Waals surface area contributed by atoms with E-state index in [1.165, 1.54) is 6.20 Å². The van der Waals surface area contributed by atoms with Gasteiger partial charge in [0.15, 0.2) is 0 Å². The van der Waals surface area contributed by atoms with Crippen LogP contribution >= 0.6 is 11.6 Å². The van der Waals surface area contributed by atoms with Crippen molar-refractivity contribution in [3.63, 3.8) is 0 Å². The predicted octanol–water partition coefficient (Wildman–Crippen LogP) is 10.7. The van der Waals surface area contributed by atoms with Crippen molar-refractivity contribution in [2.45, 2.75) is 0 Å². The first-order chi connectivity index (χ1) is 31.5. The molecule has 0 aliphatic rings. The zero-order chi connectivity index (χ0) is 44.4. The Morgan fingerprint density at radius 3 is 1.20 bits per heavy atom. The third kappa shape index (κ3) is 17.7. The summed E-state index contributed by atoms with van der Waals surface area (Å²) in [6.45, 7) is 0. The van der Waals surface area contributed by atoms with Gasteiger partial charge in [-0.15, -0.1) is 144 Å². The smallest absolute Gasteiger partial charge is 0.423 e. The molecule has 0 saturated carbocycles. The van der Waals surface area contributed by atoms with E-state index in [1.54, 1.807) is 49.2 Å². The Bertz CT molecular complexity index is 2590. The minimum Gasteiger partial charge on any atom is -0.423 e. The summed E-state index contributed by atoms with van der Waals surface area (Å²) >= 11 is 5.84. The van der Waals surface area contributed by atoms with Crippen LogP contribution in [0.25, 0.3) is 56.2 Å². The molecule has 0 aliphatic heterocycles. The van der Waals surface area contributed by atoms with Crippen LogP contribution in [0.4, 0.5) is 0 Å². The number of halogens is 1. The van der Waals surface area contributed by atoms with Gasteiger partial charge in [0.25, 0.3) is 0 Å². The van der Waals surface area contributed by atoms with Crippen LogP contribution in [0.5, 0.6) is 0 Å². The van der Waals surface area contributed by atoms with E-state index < -0.39 is 7.12 Å². The van der Waals surface area contributed by atoms with Gasteiger partial charge in [-0.3, -0.25) is 9.97 Å². The number of pyridine rings is 6. The molecular weight excluding hydrogens is 1200 g/mol. The molecule has 0 bridgehead atoms. The van der Waals surface area contributed by atoms with Crippen molar-refractivity contribution >= 4 is 24.2 Å². The Hall–Kier alpha value is -6.65. The average molecular weight is 1240 g/mol. The van der Waals surface area contributed by atoms with Crippen molar-refractivity contribution in [2.75, 3.05) is 0 Å². The summed E-state index contributed by atoms with van der Waals surface area (Å²) in [4.78, 5) is 24.8. The number of benzene rings is 4. The monoisotopic (exact) mass is 1240 g/mol. The van der Waals surface area contributed by atoms with Gasteiger partial charge < -0.3 is 30.0 Å². The van der Waals surface area contributed by atoms with Gasteiger partial charge in [-0.25, -0.2) is 0 Å². The van der Waals surface area contributed by atoms with Crippen LogP contribution in [-0.4, -0.2) is 47.1 Å². The quantitative estimate of drug-likeness (QED) is 0.125. The summed E-state index contributed by atoms with van der Waals surface area (Å²) in [5.41, 5.74) is 10.4. The van der Waals surface area contributed by atoms with E-state index in [0.717, 1.165) is 56.2 Å². The zero-order valence-corrected chi connectivity index (χ0v) is 40.7. The van der Waals surface area contributed by atoms with Crippen molar-refractivity contribution in [3.05, 3.63) is 261 Å². The minimum atomic E-state index is -1.40. The topological polar surface area (TPSA) is 118 Å². The van der Waals surface area contributed by atoms with Crippen LogP contribution in [0.3, 0.4) is 0 Å². The molecule has 0 atom stereocenters. The Kier molecular flexibility index (Phi) is 23.4. The normalized spacial score (nSPS) is 9.50. The van der Waals surface area contributed by atoms with E-state index in [4.69, 9.17) is 21.6 Å². The number of hydrogen-bond acceptors (Lipinski definition) is 8. The molecule has 0 aliphatic carbocycles. The number of nitrogens with zero attached hydrogens (tertiary/aromatic N) is 6. The molecule has 0 spiro atoms. The van der Waals surface area contributed by atoms with Gasteiger partial charge in [-0.1, -0.05) is 60.1 Å². The maximum absolute atomic E-state index is 8.54. The maximum atomic E-state index is 8.54. The van der Waals surface area contributed by atoms with E-state index in [1.807, 2.05) is 170 Å². The van der Waals surface area contributed by atoms with E-state index in [2.05, 4.69) is 60.2 Å². The molecule has 10 rings (SSSR count).